The van der Waals surface area contributed by atoms with E-state index in [1.165, 1.54) is 16.5 Å². The molecule has 6 heteroatoms. The molecule has 138 valence electrons. The van der Waals surface area contributed by atoms with E-state index in [2.05, 4.69) is 57.6 Å². The summed E-state index contributed by atoms with van der Waals surface area (Å²) < 4.78 is 5.73. The number of hydrogen-bond donors (Lipinski definition) is 2. The van der Waals surface area contributed by atoms with Gasteiger partial charge >= 0.3 is 0 Å². The van der Waals surface area contributed by atoms with E-state index < -0.39 is 0 Å². The third-order valence-electron chi connectivity index (χ3n) is 4.71. The van der Waals surface area contributed by atoms with Gasteiger partial charge in [-0.2, -0.15) is 0 Å². The molecule has 1 saturated heterocycles. The van der Waals surface area contributed by atoms with Crippen molar-refractivity contribution in [3.63, 3.8) is 0 Å². The van der Waals surface area contributed by atoms with Crippen LogP contribution in [0, 0.1) is 0 Å². The Bertz CT molecular complexity index is 677. The summed E-state index contributed by atoms with van der Waals surface area (Å²) in [6.45, 7) is 5.79. The molecule has 0 unspecified atom stereocenters. The van der Waals surface area contributed by atoms with Gasteiger partial charge in [0, 0.05) is 50.4 Å². The quantitative estimate of drug-likeness (QED) is 0.412. The van der Waals surface area contributed by atoms with Gasteiger partial charge < -0.3 is 19.9 Å². The van der Waals surface area contributed by atoms with Crippen LogP contribution >= 0.6 is 24.0 Å². The lowest BCUT2D eigenvalue weighted by Crippen LogP contribution is -2.47. The SMILES string of the molecule is CCOC1CCN(C(=NC)NCCc2c[nH]c3ccccc23)CC1.I. The summed E-state index contributed by atoms with van der Waals surface area (Å²) >= 11 is 0. The van der Waals surface area contributed by atoms with Crippen LogP contribution in [-0.4, -0.2) is 55.2 Å². The van der Waals surface area contributed by atoms with E-state index in [1.807, 2.05) is 7.05 Å². The first-order valence-corrected chi connectivity index (χ1v) is 8.94. The van der Waals surface area contributed by atoms with Crippen LogP contribution in [0.4, 0.5) is 0 Å². The Labute approximate surface area is 167 Å². The summed E-state index contributed by atoms with van der Waals surface area (Å²) in [6, 6.07) is 8.45. The first-order chi connectivity index (χ1) is 11.8. The smallest absolute Gasteiger partial charge is 0.193 e. The van der Waals surface area contributed by atoms with Crippen molar-refractivity contribution in [1.29, 1.82) is 0 Å². The average Bonchev–Trinajstić information content (AvgIpc) is 3.03. The van der Waals surface area contributed by atoms with Gasteiger partial charge in [0.05, 0.1) is 6.10 Å². The molecule has 1 aliphatic rings. The topological polar surface area (TPSA) is 52.6 Å². The van der Waals surface area contributed by atoms with Crippen molar-refractivity contribution >= 4 is 40.8 Å². The van der Waals surface area contributed by atoms with Crippen LogP contribution in [0.1, 0.15) is 25.3 Å². The van der Waals surface area contributed by atoms with E-state index >= 15 is 0 Å². The highest BCUT2D eigenvalue weighted by Gasteiger charge is 2.21. The Balaban J connectivity index is 0.00000225. The largest absolute Gasteiger partial charge is 0.378 e. The predicted molar refractivity (Wildman–Crippen MR) is 115 cm³/mol. The molecule has 2 aromatic rings. The number of nitrogens with zero attached hydrogens (tertiary/aromatic N) is 2. The normalized spacial score (nSPS) is 16.1. The molecule has 0 spiro atoms. The molecule has 1 aromatic heterocycles. The first kappa shape index (κ1) is 20.0. The van der Waals surface area contributed by atoms with Crippen molar-refractivity contribution in [2.45, 2.75) is 32.3 Å². The van der Waals surface area contributed by atoms with Gasteiger partial charge in [-0.15, -0.1) is 24.0 Å². The zero-order valence-electron chi connectivity index (χ0n) is 15.1. The molecule has 2 N–H and O–H groups in total. The summed E-state index contributed by atoms with van der Waals surface area (Å²) in [5.41, 5.74) is 2.55. The molecular formula is C19H29IN4O. The number of H-pyrrole nitrogens is 1. The lowest BCUT2D eigenvalue weighted by Gasteiger charge is -2.34. The number of ether oxygens (including phenoxy) is 1. The highest BCUT2D eigenvalue weighted by Crippen LogP contribution is 2.18. The van der Waals surface area contributed by atoms with Crippen molar-refractivity contribution in [3.05, 3.63) is 36.0 Å². The van der Waals surface area contributed by atoms with Gasteiger partial charge in [-0.3, -0.25) is 4.99 Å². The average molecular weight is 456 g/mol. The lowest BCUT2D eigenvalue weighted by molar-refractivity contribution is 0.0264. The fraction of sp³-hybridized carbons (Fsp3) is 0.526. The van der Waals surface area contributed by atoms with Crippen LogP contribution < -0.4 is 5.32 Å². The number of nitrogens with one attached hydrogen (secondary N) is 2. The number of benzene rings is 1. The monoisotopic (exact) mass is 456 g/mol. The van der Waals surface area contributed by atoms with E-state index in [-0.39, 0.29) is 24.0 Å². The van der Waals surface area contributed by atoms with Crippen molar-refractivity contribution in [3.8, 4) is 0 Å². The van der Waals surface area contributed by atoms with E-state index in [1.54, 1.807) is 0 Å². The molecule has 0 atom stereocenters. The molecule has 1 aromatic carbocycles. The molecular weight excluding hydrogens is 427 g/mol. The molecule has 2 heterocycles. The second-order valence-corrected chi connectivity index (χ2v) is 6.23. The van der Waals surface area contributed by atoms with E-state index in [0.717, 1.165) is 51.5 Å². The number of fused-ring (bicyclic) bond motifs is 1. The van der Waals surface area contributed by atoms with Crippen LogP contribution in [0.15, 0.2) is 35.5 Å². The van der Waals surface area contributed by atoms with Gasteiger partial charge in [0.25, 0.3) is 0 Å². The highest BCUT2D eigenvalue weighted by atomic mass is 127. The Kier molecular flexibility index (Phi) is 8.02. The van der Waals surface area contributed by atoms with Crippen LogP contribution in [0.3, 0.4) is 0 Å². The number of aromatic amines is 1. The van der Waals surface area contributed by atoms with Gasteiger partial charge in [-0.25, -0.2) is 0 Å². The number of aromatic nitrogens is 1. The second kappa shape index (κ2) is 10.0. The maximum atomic E-state index is 5.73. The van der Waals surface area contributed by atoms with Gasteiger partial charge in [0.15, 0.2) is 5.96 Å². The third kappa shape index (κ3) is 5.10. The fourth-order valence-corrected chi connectivity index (χ4v) is 3.45. The molecule has 5 nitrogen and oxygen atoms in total. The summed E-state index contributed by atoms with van der Waals surface area (Å²) in [5, 5.41) is 4.82. The zero-order chi connectivity index (χ0) is 16.8. The van der Waals surface area contributed by atoms with Crippen LogP contribution in [0.25, 0.3) is 10.9 Å². The summed E-state index contributed by atoms with van der Waals surface area (Å²) in [6.07, 6.45) is 5.67. The molecule has 0 radical (unpaired) electrons. The minimum absolute atomic E-state index is 0. The molecule has 0 saturated carbocycles. The minimum Gasteiger partial charge on any atom is -0.378 e. The second-order valence-electron chi connectivity index (χ2n) is 6.23. The van der Waals surface area contributed by atoms with Crippen LogP contribution in [0.2, 0.25) is 0 Å². The number of piperidine rings is 1. The van der Waals surface area contributed by atoms with Gasteiger partial charge in [-0.05, 0) is 37.8 Å². The maximum absolute atomic E-state index is 5.73. The van der Waals surface area contributed by atoms with E-state index in [0.29, 0.717) is 6.10 Å². The zero-order valence-corrected chi connectivity index (χ0v) is 17.5. The molecule has 0 aliphatic carbocycles. The number of aliphatic imine (C=N–C) groups is 1. The van der Waals surface area contributed by atoms with Crippen molar-refractivity contribution < 1.29 is 4.74 Å². The van der Waals surface area contributed by atoms with Crippen LogP contribution in [-0.2, 0) is 11.2 Å². The van der Waals surface area contributed by atoms with Crippen LogP contribution in [0.5, 0.6) is 0 Å². The van der Waals surface area contributed by atoms with Gasteiger partial charge in [0.1, 0.15) is 0 Å². The summed E-state index contributed by atoms with van der Waals surface area (Å²) in [7, 11) is 1.86. The predicted octanol–water partition coefficient (Wildman–Crippen LogP) is 3.40. The number of guanidine groups is 1. The van der Waals surface area contributed by atoms with Crippen molar-refractivity contribution in [2.75, 3.05) is 33.3 Å². The number of halogens is 1. The summed E-state index contributed by atoms with van der Waals surface area (Å²) in [5.74, 6) is 1.00. The van der Waals surface area contributed by atoms with Crippen molar-refractivity contribution in [2.24, 2.45) is 4.99 Å². The molecule has 0 amide bonds. The van der Waals surface area contributed by atoms with Crippen molar-refractivity contribution in [1.82, 2.24) is 15.2 Å². The lowest BCUT2D eigenvalue weighted by atomic mass is 10.1. The fourth-order valence-electron chi connectivity index (χ4n) is 3.45. The maximum Gasteiger partial charge on any atom is 0.193 e. The van der Waals surface area contributed by atoms with Gasteiger partial charge in [-0.1, -0.05) is 18.2 Å². The molecule has 1 aliphatic heterocycles. The summed E-state index contributed by atoms with van der Waals surface area (Å²) in [4.78, 5) is 10.1. The molecule has 3 rings (SSSR count). The number of likely N-dealkylation sites (tertiary alicyclic amines) is 1. The third-order valence-corrected chi connectivity index (χ3v) is 4.71. The number of para-hydroxylation sites is 1. The minimum atomic E-state index is 0. The Morgan fingerprint density at radius 2 is 2.08 bits per heavy atom. The Morgan fingerprint density at radius 3 is 2.80 bits per heavy atom. The standard InChI is InChI=1S/C19H28N4O.HI/c1-3-24-16-9-12-23(13-10-16)19(20-2)21-11-8-15-14-22-18-7-5-4-6-17(15)18;/h4-7,14,16,22H,3,8-13H2,1-2H3,(H,20,21);1H. The Morgan fingerprint density at radius 1 is 1.32 bits per heavy atom. The first-order valence-electron chi connectivity index (χ1n) is 8.94. The van der Waals surface area contributed by atoms with Gasteiger partial charge in [0.2, 0.25) is 0 Å². The molecule has 1 fully saturated rings. The number of rotatable bonds is 5. The van der Waals surface area contributed by atoms with E-state index in [9.17, 15) is 0 Å². The number of hydrogen-bond acceptors (Lipinski definition) is 2. The highest BCUT2D eigenvalue weighted by molar-refractivity contribution is 14.0. The Hall–Kier alpha value is -1.28. The molecule has 25 heavy (non-hydrogen) atoms. The van der Waals surface area contributed by atoms with E-state index in [4.69, 9.17) is 4.74 Å². The molecule has 0 bridgehead atoms.